The van der Waals surface area contributed by atoms with Crippen LogP contribution in [0.4, 0.5) is 0 Å². The van der Waals surface area contributed by atoms with Gasteiger partial charge in [-0.15, -0.1) is 0 Å². The first-order valence-electron chi connectivity index (χ1n) is 12.4. The lowest BCUT2D eigenvalue weighted by molar-refractivity contribution is 0.162. The molecule has 1 aliphatic heterocycles. The van der Waals surface area contributed by atoms with Crippen LogP contribution in [-0.2, 0) is 0 Å². The van der Waals surface area contributed by atoms with Gasteiger partial charge in [-0.05, 0) is 51.1 Å². The predicted octanol–water partition coefficient (Wildman–Crippen LogP) is 4.19. The number of piperidine rings is 1. The number of aromatic nitrogens is 8. The summed E-state index contributed by atoms with van der Waals surface area (Å²) in [6, 6.07) is 6.22. The minimum Gasteiger partial charge on any atom is -0.489 e. The maximum Gasteiger partial charge on any atom is 0.155 e. The van der Waals surface area contributed by atoms with Gasteiger partial charge in [-0.1, -0.05) is 0 Å². The highest BCUT2D eigenvalue weighted by atomic mass is 16.5. The molecule has 3 N–H and O–H groups in total. The summed E-state index contributed by atoms with van der Waals surface area (Å²) in [6.07, 6.45) is 15.1. The Hall–Kier alpha value is -4.57. The van der Waals surface area contributed by atoms with Crippen molar-refractivity contribution < 1.29 is 4.74 Å². The van der Waals surface area contributed by atoms with Crippen molar-refractivity contribution in [1.29, 1.82) is 0 Å². The van der Waals surface area contributed by atoms with Gasteiger partial charge in [0.2, 0.25) is 0 Å². The van der Waals surface area contributed by atoms with Crippen LogP contribution in [0, 0.1) is 6.92 Å². The van der Waals surface area contributed by atoms with Gasteiger partial charge in [0.25, 0.3) is 0 Å². The number of fused-ring (bicyclic) bond motifs is 2. The molecule has 10 nitrogen and oxygen atoms in total. The highest BCUT2D eigenvalue weighted by molar-refractivity contribution is 5.97. The molecule has 7 rings (SSSR count). The van der Waals surface area contributed by atoms with Gasteiger partial charge in [0.05, 0.1) is 47.5 Å². The Morgan fingerprint density at radius 2 is 1.78 bits per heavy atom. The molecule has 0 amide bonds. The third-order valence-corrected chi connectivity index (χ3v) is 6.82. The lowest BCUT2D eigenvalue weighted by Crippen LogP contribution is -2.34. The molecule has 37 heavy (non-hydrogen) atoms. The highest BCUT2D eigenvalue weighted by Crippen LogP contribution is 2.33. The molecule has 0 bridgehead atoms. The lowest BCUT2D eigenvalue weighted by Gasteiger charge is -2.23. The summed E-state index contributed by atoms with van der Waals surface area (Å²) in [7, 11) is 0. The van der Waals surface area contributed by atoms with E-state index in [0.29, 0.717) is 0 Å². The summed E-state index contributed by atoms with van der Waals surface area (Å²) in [4.78, 5) is 21.3. The molecule has 0 saturated carbocycles. The maximum atomic E-state index is 6.21. The van der Waals surface area contributed by atoms with Gasteiger partial charge in [0, 0.05) is 40.5 Å². The van der Waals surface area contributed by atoms with Crippen LogP contribution in [0.1, 0.15) is 18.5 Å². The van der Waals surface area contributed by atoms with E-state index >= 15 is 0 Å². The molecule has 184 valence electrons. The monoisotopic (exact) mass is 491 g/mol. The fourth-order valence-corrected chi connectivity index (χ4v) is 4.94. The minimum atomic E-state index is 0.215. The van der Waals surface area contributed by atoms with E-state index in [4.69, 9.17) is 4.74 Å². The largest absolute Gasteiger partial charge is 0.489 e. The summed E-state index contributed by atoms with van der Waals surface area (Å²) in [5.74, 6) is 0.780. The Balaban J connectivity index is 1.26. The van der Waals surface area contributed by atoms with Gasteiger partial charge < -0.3 is 19.6 Å². The second-order valence-corrected chi connectivity index (χ2v) is 9.39. The van der Waals surface area contributed by atoms with E-state index in [2.05, 4.69) is 52.6 Å². The number of imidazole rings is 1. The van der Waals surface area contributed by atoms with E-state index in [0.717, 1.165) is 87.5 Å². The first kappa shape index (κ1) is 21.7. The molecular weight excluding hydrogens is 466 g/mol. The summed E-state index contributed by atoms with van der Waals surface area (Å²) in [6.45, 7) is 3.93. The second kappa shape index (κ2) is 8.82. The van der Waals surface area contributed by atoms with Crippen molar-refractivity contribution >= 4 is 21.9 Å². The number of nitrogens with zero attached hydrogens (tertiary/aromatic N) is 6. The Morgan fingerprint density at radius 3 is 2.65 bits per heavy atom. The first-order chi connectivity index (χ1) is 18.2. The number of nitrogens with one attached hydrogen (secondary N) is 3. The summed E-state index contributed by atoms with van der Waals surface area (Å²) in [5, 5.41) is 13.0. The van der Waals surface area contributed by atoms with Crippen LogP contribution in [0.5, 0.6) is 5.75 Å². The standard InChI is InChI=1S/C27H25N9O/c1-16-14-36(15-32-16)25-13-30-12-24-21(25)8-23(33-24)26-22-7-18(10-31-27(22)35-34-26)17-6-20(11-29-9-17)37-19-2-4-28-5-3-19/h6-15,19,28,33H,2-5H2,1H3,(H,31,34,35). The van der Waals surface area contributed by atoms with Crippen molar-refractivity contribution in [3.05, 3.63) is 67.4 Å². The van der Waals surface area contributed by atoms with Crippen molar-refractivity contribution in [2.24, 2.45) is 0 Å². The van der Waals surface area contributed by atoms with Crippen molar-refractivity contribution in [2.75, 3.05) is 13.1 Å². The van der Waals surface area contributed by atoms with Crippen molar-refractivity contribution in [1.82, 2.24) is 45.0 Å². The van der Waals surface area contributed by atoms with Gasteiger partial charge in [-0.25, -0.2) is 9.97 Å². The van der Waals surface area contributed by atoms with E-state index in [-0.39, 0.29) is 6.10 Å². The molecule has 0 aromatic carbocycles. The molecule has 6 aromatic rings. The Labute approximate surface area is 212 Å². The van der Waals surface area contributed by atoms with Crippen LogP contribution >= 0.6 is 0 Å². The SMILES string of the molecule is Cc1cn(-c2cncc3[nH]c(-c4n[nH]c5ncc(-c6cncc(OC7CCNCC7)c6)cc45)cc23)cn1. The van der Waals surface area contributed by atoms with Crippen LogP contribution in [0.15, 0.2) is 61.7 Å². The third-order valence-electron chi connectivity index (χ3n) is 6.82. The van der Waals surface area contributed by atoms with Crippen molar-refractivity contribution in [3.63, 3.8) is 0 Å². The Bertz CT molecular complexity index is 1720. The number of pyridine rings is 3. The normalized spacial score (nSPS) is 14.5. The molecule has 7 heterocycles. The van der Waals surface area contributed by atoms with E-state index in [1.54, 1.807) is 12.5 Å². The zero-order valence-corrected chi connectivity index (χ0v) is 20.3. The van der Waals surface area contributed by atoms with Crippen LogP contribution < -0.4 is 10.1 Å². The molecule has 10 heteroatoms. The molecule has 6 aromatic heterocycles. The maximum absolute atomic E-state index is 6.21. The number of rotatable bonds is 5. The first-order valence-corrected chi connectivity index (χ1v) is 12.4. The number of aromatic amines is 2. The van der Waals surface area contributed by atoms with Crippen molar-refractivity contribution in [3.8, 4) is 34.0 Å². The van der Waals surface area contributed by atoms with Gasteiger partial charge in [0.1, 0.15) is 17.5 Å². The number of ether oxygens (including phenoxy) is 1. The summed E-state index contributed by atoms with van der Waals surface area (Å²) < 4.78 is 8.19. The predicted molar refractivity (Wildman–Crippen MR) is 141 cm³/mol. The van der Waals surface area contributed by atoms with Gasteiger partial charge >= 0.3 is 0 Å². The van der Waals surface area contributed by atoms with E-state index in [9.17, 15) is 0 Å². The zero-order valence-electron chi connectivity index (χ0n) is 20.3. The van der Waals surface area contributed by atoms with Crippen LogP contribution in [0.2, 0.25) is 0 Å². The van der Waals surface area contributed by atoms with Crippen LogP contribution in [-0.4, -0.2) is 58.9 Å². The average Bonchev–Trinajstić information content (AvgIpc) is 3.66. The van der Waals surface area contributed by atoms with Gasteiger partial charge in [-0.2, -0.15) is 5.10 Å². The topological polar surface area (TPSA) is 122 Å². The molecule has 0 unspecified atom stereocenters. The lowest BCUT2D eigenvalue weighted by atomic mass is 10.1. The molecule has 0 radical (unpaired) electrons. The molecular formula is C27H25N9O. The molecule has 0 spiro atoms. The Kier molecular flexibility index (Phi) is 5.17. The Morgan fingerprint density at radius 1 is 0.919 bits per heavy atom. The number of hydrogen-bond donors (Lipinski definition) is 3. The van der Waals surface area contributed by atoms with Crippen LogP contribution in [0.25, 0.3) is 50.1 Å². The fraction of sp³-hybridized carbons (Fsp3) is 0.222. The quantitative estimate of drug-likeness (QED) is 0.331. The average molecular weight is 492 g/mol. The minimum absolute atomic E-state index is 0.215. The molecule has 0 atom stereocenters. The number of hydrogen-bond acceptors (Lipinski definition) is 7. The highest BCUT2D eigenvalue weighted by Gasteiger charge is 2.17. The van der Waals surface area contributed by atoms with E-state index in [1.807, 2.05) is 48.5 Å². The van der Waals surface area contributed by atoms with E-state index < -0.39 is 0 Å². The van der Waals surface area contributed by atoms with Crippen LogP contribution in [0.3, 0.4) is 0 Å². The molecule has 1 aliphatic rings. The number of aryl methyl sites for hydroxylation is 1. The van der Waals surface area contributed by atoms with Gasteiger partial charge in [-0.3, -0.25) is 15.1 Å². The third kappa shape index (κ3) is 4.01. The second-order valence-electron chi connectivity index (χ2n) is 9.39. The molecule has 0 aliphatic carbocycles. The molecule has 1 fully saturated rings. The summed E-state index contributed by atoms with van der Waals surface area (Å²) in [5.41, 5.74) is 7.12. The van der Waals surface area contributed by atoms with E-state index in [1.165, 1.54) is 0 Å². The van der Waals surface area contributed by atoms with Gasteiger partial charge in [0.15, 0.2) is 5.65 Å². The van der Waals surface area contributed by atoms with Crippen molar-refractivity contribution in [2.45, 2.75) is 25.9 Å². The zero-order chi connectivity index (χ0) is 24.8. The fourth-order valence-electron chi connectivity index (χ4n) is 4.94. The number of H-pyrrole nitrogens is 2. The molecule has 1 saturated heterocycles. The smallest absolute Gasteiger partial charge is 0.155 e. The summed E-state index contributed by atoms with van der Waals surface area (Å²) >= 11 is 0.